The minimum atomic E-state index is 0. The Kier molecular flexibility index (Phi) is 8.07. The van der Waals surface area contributed by atoms with Gasteiger partial charge >= 0.3 is 0 Å². The fourth-order valence-corrected chi connectivity index (χ4v) is 2.11. The normalized spacial score (nSPS) is 11.7. The highest BCUT2D eigenvalue weighted by Crippen LogP contribution is 2.25. The fraction of sp³-hybridized carbons (Fsp3) is 0.533. The highest BCUT2D eigenvalue weighted by atomic mass is 35.5. The first-order chi connectivity index (χ1) is 8.97. The van der Waals surface area contributed by atoms with Gasteiger partial charge < -0.3 is 15.8 Å². The summed E-state index contributed by atoms with van der Waals surface area (Å²) in [5, 5.41) is 2.88. The highest BCUT2D eigenvalue weighted by molar-refractivity contribution is 5.91. The average molecular weight is 301 g/mol. The number of nitrogen functional groups attached to an aromatic ring is 1. The van der Waals surface area contributed by atoms with E-state index < -0.39 is 0 Å². The number of ether oxygens (including phenoxy) is 1. The number of methoxy groups -OCH3 is 1. The van der Waals surface area contributed by atoms with E-state index in [9.17, 15) is 4.79 Å². The Bertz CT molecular complexity index is 436. The lowest BCUT2D eigenvalue weighted by Crippen LogP contribution is -2.19. The Balaban J connectivity index is 0.00000361. The second-order valence-corrected chi connectivity index (χ2v) is 5.12. The zero-order chi connectivity index (χ0) is 14.4. The number of nitrogens with two attached hydrogens (primary N) is 1. The number of hydrogen-bond donors (Lipinski definition) is 2. The maximum atomic E-state index is 12.0. The Morgan fingerprint density at radius 3 is 2.50 bits per heavy atom. The van der Waals surface area contributed by atoms with E-state index in [4.69, 9.17) is 10.5 Å². The van der Waals surface area contributed by atoms with Crippen LogP contribution >= 0.6 is 12.4 Å². The lowest BCUT2D eigenvalue weighted by Gasteiger charge is -2.18. The van der Waals surface area contributed by atoms with Crippen LogP contribution in [0.25, 0.3) is 0 Å². The van der Waals surface area contributed by atoms with Gasteiger partial charge in [0.2, 0.25) is 5.91 Å². The molecule has 0 aliphatic rings. The molecule has 1 rings (SSSR count). The average Bonchev–Trinajstić information content (AvgIpc) is 2.35. The maximum Gasteiger partial charge on any atom is 0.224 e. The molecule has 20 heavy (non-hydrogen) atoms. The van der Waals surface area contributed by atoms with E-state index in [0.29, 0.717) is 35.4 Å². The Morgan fingerprint density at radius 1 is 1.40 bits per heavy atom. The number of carbonyl (C=O) groups excluding carboxylic acids is 1. The zero-order valence-corrected chi connectivity index (χ0v) is 13.4. The molecular formula is C15H25ClN2O2. The molecule has 1 unspecified atom stereocenters. The van der Waals surface area contributed by atoms with E-state index in [1.807, 2.05) is 0 Å². The zero-order valence-electron chi connectivity index (χ0n) is 12.6. The molecule has 0 bridgehead atoms. The van der Waals surface area contributed by atoms with Crippen LogP contribution in [0, 0.1) is 11.8 Å². The van der Waals surface area contributed by atoms with Crippen molar-refractivity contribution in [3.8, 4) is 5.75 Å². The summed E-state index contributed by atoms with van der Waals surface area (Å²) >= 11 is 0. The van der Waals surface area contributed by atoms with Crippen LogP contribution in [0.1, 0.15) is 33.6 Å². The molecule has 1 atom stereocenters. The molecular weight excluding hydrogens is 276 g/mol. The number of rotatable bonds is 6. The monoisotopic (exact) mass is 300 g/mol. The van der Waals surface area contributed by atoms with Crippen molar-refractivity contribution in [3.05, 3.63) is 18.2 Å². The van der Waals surface area contributed by atoms with Gasteiger partial charge in [0.15, 0.2) is 0 Å². The topological polar surface area (TPSA) is 64.3 Å². The number of hydrogen-bond acceptors (Lipinski definition) is 3. The summed E-state index contributed by atoms with van der Waals surface area (Å²) in [6.45, 7) is 6.41. The van der Waals surface area contributed by atoms with Crippen LogP contribution in [-0.4, -0.2) is 13.0 Å². The molecule has 0 radical (unpaired) electrons. The minimum Gasteiger partial charge on any atom is -0.495 e. The van der Waals surface area contributed by atoms with Crippen molar-refractivity contribution in [3.63, 3.8) is 0 Å². The molecule has 0 saturated carbocycles. The van der Waals surface area contributed by atoms with Gasteiger partial charge in [0.05, 0.1) is 12.8 Å². The lowest BCUT2D eigenvalue weighted by atomic mass is 9.90. The molecule has 114 valence electrons. The summed E-state index contributed by atoms with van der Waals surface area (Å²) in [5.41, 5.74) is 7.04. The summed E-state index contributed by atoms with van der Waals surface area (Å²) in [7, 11) is 1.57. The van der Waals surface area contributed by atoms with Crippen LogP contribution < -0.4 is 15.8 Å². The summed E-state index contributed by atoms with van der Waals surface area (Å²) in [4.78, 5) is 12.0. The van der Waals surface area contributed by atoms with E-state index >= 15 is 0 Å². The second-order valence-electron chi connectivity index (χ2n) is 5.12. The van der Waals surface area contributed by atoms with Gasteiger partial charge in [-0.15, -0.1) is 12.4 Å². The van der Waals surface area contributed by atoms with Crippen LogP contribution in [0.2, 0.25) is 0 Å². The largest absolute Gasteiger partial charge is 0.495 e. The molecule has 5 heteroatoms. The fourth-order valence-electron chi connectivity index (χ4n) is 2.11. The Labute approximate surface area is 127 Å². The predicted molar refractivity (Wildman–Crippen MR) is 86.5 cm³/mol. The van der Waals surface area contributed by atoms with Crippen LogP contribution in [0.5, 0.6) is 5.75 Å². The molecule has 1 aromatic rings. The lowest BCUT2D eigenvalue weighted by molar-refractivity contribution is -0.117. The molecule has 0 fully saturated rings. The first-order valence-electron chi connectivity index (χ1n) is 6.71. The molecule has 1 aromatic carbocycles. The van der Waals surface area contributed by atoms with E-state index in [2.05, 4.69) is 26.1 Å². The molecule has 0 aliphatic heterocycles. The smallest absolute Gasteiger partial charge is 0.224 e. The minimum absolute atomic E-state index is 0. The number of anilines is 2. The third-order valence-electron chi connectivity index (χ3n) is 3.43. The van der Waals surface area contributed by atoms with E-state index in [1.165, 1.54) is 0 Å². The van der Waals surface area contributed by atoms with Crippen LogP contribution in [-0.2, 0) is 4.79 Å². The quantitative estimate of drug-likeness (QED) is 0.787. The van der Waals surface area contributed by atoms with Gasteiger partial charge in [0.1, 0.15) is 5.75 Å². The number of carbonyl (C=O) groups is 1. The molecule has 0 aromatic heterocycles. The van der Waals surface area contributed by atoms with E-state index in [1.54, 1.807) is 25.3 Å². The van der Waals surface area contributed by atoms with Crippen LogP contribution in [0.15, 0.2) is 18.2 Å². The van der Waals surface area contributed by atoms with Crippen molar-refractivity contribution >= 4 is 29.7 Å². The van der Waals surface area contributed by atoms with Crippen molar-refractivity contribution in [1.82, 2.24) is 0 Å². The third kappa shape index (κ3) is 5.29. The molecule has 0 aliphatic carbocycles. The molecule has 0 saturated heterocycles. The number of amides is 1. The molecule has 3 N–H and O–H groups in total. The van der Waals surface area contributed by atoms with Gasteiger partial charge in [-0.25, -0.2) is 0 Å². The summed E-state index contributed by atoms with van der Waals surface area (Å²) < 4.78 is 5.08. The van der Waals surface area contributed by atoms with E-state index in [-0.39, 0.29) is 18.3 Å². The first-order valence-corrected chi connectivity index (χ1v) is 6.71. The van der Waals surface area contributed by atoms with E-state index in [0.717, 1.165) is 6.42 Å². The van der Waals surface area contributed by atoms with Gasteiger partial charge in [-0.3, -0.25) is 4.79 Å². The standard InChI is InChI=1S/C15H24N2O2.ClH/c1-5-11(10(2)3)8-15(18)17-12-6-7-14(19-4)13(16)9-12;/h6-7,9-11H,5,8,16H2,1-4H3,(H,17,18);1H. The third-order valence-corrected chi connectivity index (χ3v) is 3.43. The van der Waals surface area contributed by atoms with Crippen molar-refractivity contribution in [2.45, 2.75) is 33.6 Å². The van der Waals surface area contributed by atoms with Gasteiger partial charge in [0.25, 0.3) is 0 Å². The number of nitrogens with one attached hydrogen (secondary N) is 1. The van der Waals surface area contributed by atoms with Gasteiger partial charge in [-0.1, -0.05) is 27.2 Å². The second kappa shape index (κ2) is 8.69. The molecule has 1 amide bonds. The maximum absolute atomic E-state index is 12.0. The summed E-state index contributed by atoms with van der Waals surface area (Å²) in [6, 6.07) is 5.27. The van der Waals surface area contributed by atoms with Crippen molar-refractivity contribution < 1.29 is 9.53 Å². The number of halogens is 1. The number of benzene rings is 1. The predicted octanol–water partition coefficient (Wildman–Crippen LogP) is 3.71. The Morgan fingerprint density at radius 2 is 2.05 bits per heavy atom. The van der Waals surface area contributed by atoms with Crippen LogP contribution in [0.3, 0.4) is 0 Å². The first kappa shape index (κ1) is 18.6. The SMILES string of the molecule is CCC(CC(=O)Nc1ccc(OC)c(N)c1)C(C)C.Cl. The van der Waals surface area contributed by atoms with Crippen molar-refractivity contribution in [2.24, 2.45) is 11.8 Å². The Hall–Kier alpha value is -1.42. The van der Waals surface area contributed by atoms with Gasteiger partial charge in [-0.2, -0.15) is 0 Å². The summed E-state index contributed by atoms with van der Waals surface area (Å²) in [5.74, 6) is 1.57. The highest BCUT2D eigenvalue weighted by Gasteiger charge is 2.15. The molecule has 0 heterocycles. The molecule has 0 spiro atoms. The van der Waals surface area contributed by atoms with Crippen molar-refractivity contribution in [1.29, 1.82) is 0 Å². The summed E-state index contributed by atoms with van der Waals surface area (Å²) in [6.07, 6.45) is 1.55. The van der Waals surface area contributed by atoms with Gasteiger partial charge in [0, 0.05) is 12.1 Å². The van der Waals surface area contributed by atoms with Gasteiger partial charge in [-0.05, 0) is 30.0 Å². The molecule has 4 nitrogen and oxygen atoms in total. The van der Waals surface area contributed by atoms with Crippen molar-refractivity contribution in [2.75, 3.05) is 18.2 Å². The van der Waals surface area contributed by atoms with Crippen LogP contribution in [0.4, 0.5) is 11.4 Å².